The number of rotatable bonds is 4. The molecule has 1 aromatic heterocycles. The van der Waals surface area contributed by atoms with Gasteiger partial charge in [0.2, 0.25) is 10.0 Å². The third-order valence-electron chi connectivity index (χ3n) is 2.74. The normalized spacial score (nSPS) is 12.0. The highest BCUT2D eigenvalue weighted by molar-refractivity contribution is 9.10. The summed E-state index contributed by atoms with van der Waals surface area (Å²) in [6.45, 7) is 0.187. The van der Waals surface area contributed by atoms with Gasteiger partial charge in [0.1, 0.15) is 10.7 Å². The van der Waals surface area contributed by atoms with E-state index in [1.165, 1.54) is 18.4 Å². The molecule has 0 spiro atoms. The summed E-state index contributed by atoms with van der Waals surface area (Å²) < 4.78 is 40.3. The van der Waals surface area contributed by atoms with E-state index in [0.29, 0.717) is 0 Å². The predicted octanol–water partition coefficient (Wildman–Crippen LogP) is 3.71. The fourth-order valence-electron chi connectivity index (χ4n) is 1.65. The minimum absolute atomic E-state index is 0.187. The van der Waals surface area contributed by atoms with Crippen LogP contribution in [-0.2, 0) is 16.6 Å². The van der Waals surface area contributed by atoms with Crippen molar-refractivity contribution >= 4 is 54.6 Å². The average molecular weight is 414 g/mol. The molecule has 1 heterocycles. The van der Waals surface area contributed by atoms with Crippen LogP contribution < -0.4 is 5.73 Å². The number of nitrogens with zero attached hydrogens (tertiary/aromatic N) is 1. The summed E-state index contributed by atoms with van der Waals surface area (Å²) in [5.74, 6) is -0.746. The molecule has 4 nitrogen and oxygen atoms in total. The highest BCUT2D eigenvalue weighted by Crippen LogP contribution is 2.30. The first-order chi connectivity index (χ1) is 9.71. The van der Waals surface area contributed by atoms with Crippen molar-refractivity contribution in [3.8, 4) is 0 Å². The van der Waals surface area contributed by atoms with E-state index in [0.717, 1.165) is 25.8 Å². The molecule has 9 heteroatoms. The Balaban J connectivity index is 2.35. The second-order valence-corrected chi connectivity index (χ2v) is 8.63. The monoisotopic (exact) mass is 412 g/mol. The molecule has 0 fully saturated rings. The number of thiophene rings is 1. The highest BCUT2D eigenvalue weighted by Gasteiger charge is 2.25. The predicted molar refractivity (Wildman–Crippen MR) is 86.5 cm³/mol. The maximum Gasteiger partial charge on any atom is 0.244 e. The van der Waals surface area contributed by atoms with Crippen LogP contribution in [0.25, 0.3) is 0 Å². The summed E-state index contributed by atoms with van der Waals surface area (Å²) in [6, 6.07) is 3.77. The van der Waals surface area contributed by atoms with E-state index in [2.05, 4.69) is 15.9 Å². The standard InChI is InChI=1S/C12H11BrClFN2O2S2/c1-17(5-8-2-7(13)6-20-8)21(18,19)12-4-11(16)10(15)3-9(12)14/h2-4,6H,5,16H2,1H3. The third kappa shape index (κ3) is 3.57. The summed E-state index contributed by atoms with van der Waals surface area (Å²) in [5, 5.41) is 1.67. The molecule has 0 amide bonds. The van der Waals surface area contributed by atoms with Crippen molar-refractivity contribution in [2.75, 3.05) is 12.8 Å². The van der Waals surface area contributed by atoms with Crippen molar-refractivity contribution in [3.63, 3.8) is 0 Å². The van der Waals surface area contributed by atoms with Gasteiger partial charge in [0.05, 0.1) is 10.7 Å². The van der Waals surface area contributed by atoms with Crippen LogP contribution in [0.15, 0.2) is 32.9 Å². The van der Waals surface area contributed by atoms with Gasteiger partial charge in [-0.3, -0.25) is 0 Å². The minimum Gasteiger partial charge on any atom is -0.396 e. The number of benzene rings is 1. The molecule has 0 saturated carbocycles. The molecule has 0 aliphatic carbocycles. The fraction of sp³-hybridized carbons (Fsp3) is 0.167. The van der Waals surface area contributed by atoms with Crippen LogP contribution >= 0.6 is 38.9 Å². The molecule has 0 aliphatic heterocycles. The van der Waals surface area contributed by atoms with Crippen molar-refractivity contribution in [1.82, 2.24) is 4.31 Å². The summed E-state index contributed by atoms with van der Waals surface area (Å²) in [4.78, 5) is 0.653. The van der Waals surface area contributed by atoms with Gasteiger partial charge < -0.3 is 5.73 Å². The Hall–Kier alpha value is -0.670. The number of sulfonamides is 1. The summed E-state index contributed by atoms with van der Waals surface area (Å²) in [6.07, 6.45) is 0. The molecule has 0 aliphatic rings. The van der Waals surface area contributed by atoms with Gasteiger partial charge in [-0.15, -0.1) is 11.3 Å². The zero-order chi connectivity index (χ0) is 15.8. The lowest BCUT2D eigenvalue weighted by Crippen LogP contribution is -2.26. The van der Waals surface area contributed by atoms with E-state index >= 15 is 0 Å². The van der Waals surface area contributed by atoms with E-state index in [-0.39, 0.29) is 22.2 Å². The van der Waals surface area contributed by atoms with Gasteiger partial charge in [-0.25, -0.2) is 12.8 Å². The van der Waals surface area contributed by atoms with Crippen molar-refractivity contribution in [1.29, 1.82) is 0 Å². The molecular weight excluding hydrogens is 403 g/mol. The molecule has 2 aromatic rings. The molecule has 1 aromatic carbocycles. The van der Waals surface area contributed by atoms with E-state index in [4.69, 9.17) is 17.3 Å². The third-order valence-corrected chi connectivity index (χ3v) is 6.69. The maximum absolute atomic E-state index is 13.3. The molecule has 0 radical (unpaired) electrons. The zero-order valence-corrected chi connectivity index (χ0v) is 14.8. The van der Waals surface area contributed by atoms with Crippen LogP contribution in [0, 0.1) is 5.82 Å². The molecule has 0 unspecified atom stereocenters. The van der Waals surface area contributed by atoms with Gasteiger partial charge in [-0.2, -0.15) is 4.31 Å². The van der Waals surface area contributed by atoms with Crippen LogP contribution in [0.5, 0.6) is 0 Å². The fourth-order valence-corrected chi connectivity index (χ4v) is 4.91. The Morgan fingerprint density at radius 2 is 2.10 bits per heavy atom. The van der Waals surface area contributed by atoms with Crippen molar-refractivity contribution in [2.24, 2.45) is 0 Å². The van der Waals surface area contributed by atoms with Gasteiger partial charge in [-0.1, -0.05) is 11.6 Å². The highest BCUT2D eigenvalue weighted by atomic mass is 79.9. The molecule has 2 rings (SSSR count). The first-order valence-electron chi connectivity index (χ1n) is 5.65. The van der Waals surface area contributed by atoms with Crippen LogP contribution in [0.1, 0.15) is 4.88 Å². The van der Waals surface area contributed by atoms with Gasteiger partial charge >= 0.3 is 0 Å². The Bertz CT molecular complexity index is 780. The van der Waals surface area contributed by atoms with Crippen molar-refractivity contribution < 1.29 is 12.8 Å². The Labute approximate surface area is 139 Å². The molecule has 2 N–H and O–H groups in total. The lowest BCUT2D eigenvalue weighted by molar-refractivity contribution is 0.469. The van der Waals surface area contributed by atoms with Crippen molar-refractivity contribution in [3.05, 3.63) is 43.8 Å². The summed E-state index contributed by atoms with van der Waals surface area (Å²) in [7, 11) is -2.42. The van der Waals surface area contributed by atoms with Gasteiger partial charge in [0.15, 0.2) is 0 Å². The van der Waals surface area contributed by atoms with Crippen LogP contribution in [-0.4, -0.2) is 19.8 Å². The molecule has 114 valence electrons. The zero-order valence-electron chi connectivity index (χ0n) is 10.8. The van der Waals surface area contributed by atoms with Gasteiger partial charge in [0.25, 0.3) is 0 Å². The SMILES string of the molecule is CN(Cc1cc(Br)cs1)S(=O)(=O)c1cc(N)c(F)cc1Cl. The van der Waals surface area contributed by atoms with E-state index in [1.807, 2.05) is 11.4 Å². The number of hydrogen-bond acceptors (Lipinski definition) is 4. The number of halogens is 3. The van der Waals surface area contributed by atoms with Crippen LogP contribution in [0.2, 0.25) is 5.02 Å². The molecular formula is C12H11BrClFN2O2S2. The van der Waals surface area contributed by atoms with Crippen LogP contribution in [0.4, 0.5) is 10.1 Å². The van der Waals surface area contributed by atoms with E-state index in [1.54, 1.807) is 0 Å². The average Bonchev–Trinajstić information content (AvgIpc) is 2.79. The molecule has 0 saturated heterocycles. The lowest BCUT2D eigenvalue weighted by atomic mass is 10.3. The Morgan fingerprint density at radius 1 is 1.43 bits per heavy atom. The summed E-state index contributed by atoms with van der Waals surface area (Å²) >= 11 is 10.6. The topological polar surface area (TPSA) is 63.4 Å². The lowest BCUT2D eigenvalue weighted by Gasteiger charge is -2.17. The first-order valence-corrected chi connectivity index (χ1v) is 9.14. The van der Waals surface area contributed by atoms with Gasteiger partial charge in [0, 0.05) is 28.3 Å². The second-order valence-electron chi connectivity index (χ2n) is 4.30. The Morgan fingerprint density at radius 3 is 2.67 bits per heavy atom. The quantitative estimate of drug-likeness (QED) is 0.777. The molecule has 21 heavy (non-hydrogen) atoms. The smallest absolute Gasteiger partial charge is 0.244 e. The van der Waals surface area contributed by atoms with E-state index < -0.39 is 15.8 Å². The Kier molecular flexibility index (Phi) is 4.94. The number of nitrogen functional groups attached to an aromatic ring is 1. The first kappa shape index (κ1) is 16.7. The number of anilines is 1. The maximum atomic E-state index is 13.3. The number of nitrogens with two attached hydrogens (primary N) is 1. The molecule has 0 bridgehead atoms. The van der Waals surface area contributed by atoms with Crippen molar-refractivity contribution in [2.45, 2.75) is 11.4 Å². The molecule has 0 atom stereocenters. The van der Waals surface area contributed by atoms with E-state index in [9.17, 15) is 12.8 Å². The van der Waals surface area contributed by atoms with Crippen LogP contribution in [0.3, 0.4) is 0 Å². The summed E-state index contributed by atoms with van der Waals surface area (Å²) in [5.41, 5.74) is 5.16. The van der Waals surface area contributed by atoms with Gasteiger partial charge in [-0.05, 0) is 34.1 Å². The number of hydrogen-bond donors (Lipinski definition) is 1. The minimum atomic E-state index is -3.85. The largest absolute Gasteiger partial charge is 0.396 e. The second kappa shape index (κ2) is 6.21.